The SMILES string of the molecule is N.O=[N+]([O-])c1cccc([N+](=O)[O-])c1[N+](=O)[O-].P. The highest BCUT2D eigenvalue weighted by molar-refractivity contribution is 6.92. The molecule has 0 heterocycles. The molecule has 0 amide bonds. The van der Waals surface area contributed by atoms with E-state index in [0.717, 1.165) is 18.2 Å². The third kappa shape index (κ3) is 3.40. The van der Waals surface area contributed by atoms with Crippen molar-refractivity contribution in [2.45, 2.75) is 0 Å². The van der Waals surface area contributed by atoms with Crippen LogP contribution in [-0.4, -0.2) is 14.8 Å². The van der Waals surface area contributed by atoms with Crippen LogP contribution in [0.4, 0.5) is 17.1 Å². The maximum Gasteiger partial charge on any atom is 0.422 e. The van der Waals surface area contributed by atoms with E-state index >= 15 is 0 Å². The summed E-state index contributed by atoms with van der Waals surface area (Å²) in [5.41, 5.74) is -2.89. The van der Waals surface area contributed by atoms with Crippen LogP contribution in [0.2, 0.25) is 0 Å². The Morgan fingerprint density at radius 3 is 1.41 bits per heavy atom. The molecule has 0 aromatic heterocycles. The van der Waals surface area contributed by atoms with Gasteiger partial charge in [0.05, 0.1) is 14.8 Å². The second-order valence-corrected chi connectivity index (χ2v) is 2.42. The van der Waals surface area contributed by atoms with Gasteiger partial charge in [0.15, 0.2) is 0 Å². The van der Waals surface area contributed by atoms with Crippen LogP contribution < -0.4 is 6.15 Å². The van der Waals surface area contributed by atoms with Crippen molar-refractivity contribution in [2.24, 2.45) is 0 Å². The Morgan fingerprint density at radius 2 is 1.18 bits per heavy atom. The lowest BCUT2D eigenvalue weighted by Gasteiger charge is -1.95. The van der Waals surface area contributed by atoms with E-state index in [-0.39, 0.29) is 16.0 Å². The van der Waals surface area contributed by atoms with Crippen molar-refractivity contribution in [2.75, 3.05) is 0 Å². The van der Waals surface area contributed by atoms with Gasteiger partial charge >= 0.3 is 17.1 Å². The van der Waals surface area contributed by atoms with Crippen LogP contribution in [0, 0.1) is 30.3 Å². The zero-order chi connectivity index (χ0) is 11.6. The van der Waals surface area contributed by atoms with E-state index in [2.05, 4.69) is 0 Å². The quantitative estimate of drug-likeness (QED) is 0.491. The molecule has 0 saturated heterocycles. The summed E-state index contributed by atoms with van der Waals surface area (Å²) >= 11 is 0. The Balaban J connectivity index is 0. The van der Waals surface area contributed by atoms with E-state index in [1.807, 2.05) is 0 Å². The molecule has 1 rings (SSSR count). The minimum Gasteiger partial charge on any atom is -0.344 e. The Kier molecular flexibility index (Phi) is 6.48. The van der Waals surface area contributed by atoms with Gasteiger partial charge in [-0.2, -0.15) is 9.90 Å². The Bertz CT molecular complexity index is 432. The molecule has 3 N–H and O–H groups in total. The van der Waals surface area contributed by atoms with Crippen molar-refractivity contribution in [3.05, 3.63) is 48.5 Å². The molecule has 1 aromatic carbocycles. The Hall–Kier alpha value is -2.19. The molecule has 0 fully saturated rings. The second-order valence-electron chi connectivity index (χ2n) is 2.42. The summed E-state index contributed by atoms with van der Waals surface area (Å²) in [5.74, 6) is 0. The van der Waals surface area contributed by atoms with Crippen molar-refractivity contribution in [3.8, 4) is 0 Å². The van der Waals surface area contributed by atoms with Gasteiger partial charge in [-0.15, -0.1) is 0 Å². The van der Waals surface area contributed by atoms with Gasteiger partial charge in [-0.1, -0.05) is 0 Å². The molecular weight excluding hydrogens is 255 g/mol. The van der Waals surface area contributed by atoms with Crippen LogP contribution >= 0.6 is 9.90 Å². The minimum absolute atomic E-state index is 0. The molecule has 0 radical (unpaired) electrons. The van der Waals surface area contributed by atoms with Gasteiger partial charge in [0, 0.05) is 12.1 Å². The molecule has 10 nitrogen and oxygen atoms in total. The van der Waals surface area contributed by atoms with Crippen LogP contribution in [-0.2, 0) is 0 Å². The number of hydrogen-bond acceptors (Lipinski definition) is 7. The predicted molar refractivity (Wildman–Crippen MR) is 62.5 cm³/mol. The first-order valence-electron chi connectivity index (χ1n) is 3.51. The fraction of sp³-hybridized carbons (Fsp3) is 0. The number of nitrogens with zero attached hydrogens (tertiary/aromatic N) is 3. The summed E-state index contributed by atoms with van der Waals surface area (Å²) in [6.45, 7) is 0. The normalized spacial score (nSPS) is 8.47. The molecule has 1 unspecified atom stereocenters. The number of nitro benzene ring substituents is 3. The van der Waals surface area contributed by atoms with Crippen LogP contribution in [0.5, 0.6) is 0 Å². The summed E-state index contributed by atoms with van der Waals surface area (Å²) in [4.78, 5) is 28.0. The average Bonchev–Trinajstić information content (AvgIpc) is 2.16. The first-order chi connectivity index (χ1) is 6.95. The maximum absolute atomic E-state index is 10.4. The highest BCUT2D eigenvalue weighted by Gasteiger charge is 2.34. The lowest BCUT2D eigenvalue weighted by molar-refractivity contribution is -0.441. The van der Waals surface area contributed by atoms with E-state index < -0.39 is 31.8 Å². The smallest absolute Gasteiger partial charge is 0.344 e. The van der Waals surface area contributed by atoms with E-state index in [4.69, 9.17) is 0 Å². The third-order valence-corrected chi connectivity index (χ3v) is 1.57. The first-order valence-corrected chi connectivity index (χ1v) is 3.51. The summed E-state index contributed by atoms with van der Waals surface area (Å²) in [6, 6.07) is 2.69. The predicted octanol–water partition coefficient (Wildman–Crippen LogP) is 1.63. The Morgan fingerprint density at radius 1 is 0.824 bits per heavy atom. The maximum atomic E-state index is 10.4. The second kappa shape index (κ2) is 6.40. The zero-order valence-corrected chi connectivity index (χ0v) is 9.85. The van der Waals surface area contributed by atoms with E-state index in [1.165, 1.54) is 0 Å². The first kappa shape index (κ1) is 17.2. The monoisotopic (exact) mass is 264 g/mol. The van der Waals surface area contributed by atoms with Crippen molar-refractivity contribution < 1.29 is 14.8 Å². The largest absolute Gasteiger partial charge is 0.422 e. The van der Waals surface area contributed by atoms with Gasteiger partial charge in [-0.05, 0) is 6.07 Å². The van der Waals surface area contributed by atoms with Gasteiger partial charge < -0.3 is 6.15 Å². The lowest BCUT2D eigenvalue weighted by atomic mass is 10.2. The zero-order valence-electron chi connectivity index (χ0n) is 8.44. The number of nitro groups is 3. The standard InChI is InChI=1S/C6H3N3O6.H3N.H3P/c10-7(11)4-2-1-3-5(8(12)13)6(4)9(14)15;;/h1-3H;2*1H3. The third-order valence-electron chi connectivity index (χ3n) is 1.57. The molecule has 1 atom stereocenters. The molecule has 0 aliphatic carbocycles. The Labute approximate surface area is 97.3 Å². The van der Waals surface area contributed by atoms with Crippen LogP contribution in [0.25, 0.3) is 0 Å². The molecule has 0 saturated carbocycles. The van der Waals surface area contributed by atoms with Crippen molar-refractivity contribution in [1.82, 2.24) is 6.15 Å². The molecule has 11 heteroatoms. The summed E-state index contributed by atoms with van der Waals surface area (Å²) < 4.78 is 0. The average molecular weight is 264 g/mol. The summed E-state index contributed by atoms with van der Waals surface area (Å²) in [6.07, 6.45) is 0. The van der Waals surface area contributed by atoms with Crippen LogP contribution in [0.3, 0.4) is 0 Å². The van der Waals surface area contributed by atoms with Crippen molar-refractivity contribution in [1.29, 1.82) is 0 Å². The number of hydrogen-bond donors (Lipinski definition) is 1. The topological polar surface area (TPSA) is 164 Å². The molecule has 17 heavy (non-hydrogen) atoms. The molecule has 0 spiro atoms. The fourth-order valence-corrected chi connectivity index (χ4v) is 1.00. The van der Waals surface area contributed by atoms with Gasteiger partial charge in [-0.25, -0.2) is 0 Å². The summed E-state index contributed by atoms with van der Waals surface area (Å²) in [5, 5.41) is 31.2. The van der Waals surface area contributed by atoms with Gasteiger partial charge in [-0.3, -0.25) is 30.3 Å². The molecule has 0 aliphatic heterocycles. The number of para-hydroxylation sites is 1. The fourth-order valence-electron chi connectivity index (χ4n) is 1.00. The van der Waals surface area contributed by atoms with Crippen LogP contribution in [0.1, 0.15) is 0 Å². The molecular formula is C6H9N4O6P. The highest BCUT2D eigenvalue weighted by atomic mass is 31.0. The molecule has 94 valence electrons. The molecule has 1 aromatic rings. The van der Waals surface area contributed by atoms with Gasteiger partial charge in [0.1, 0.15) is 0 Å². The molecule has 0 bridgehead atoms. The summed E-state index contributed by atoms with van der Waals surface area (Å²) in [7, 11) is 0. The van der Waals surface area contributed by atoms with Crippen molar-refractivity contribution >= 4 is 27.0 Å². The van der Waals surface area contributed by atoms with Gasteiger partial charge in [0.25, 0.3) is 0 Å². The lowest BCUT2D eigenvalue weighted by Crippen LogP contribution is -2.00. The highest BCUT2D eigenvalue weighted by Crippen LogP contribution is 2.35. The number of benzene rings is 1. The van der Waals surface area contributed by atoms with E-state index in [1.54, 1.807) is 0 Å². The number of rotatable bonds is 3. The van der Waals surface area contributed by atoms with E-state index in [0.29, 0.717) is 0 Å². The minimum atomic E-state index is -1.14. The van der Waals surface area contributed by atoms with Gasteiger partial charge in [0.2, 0.25) is 0 Å². The molecule has 0 aliphatic rings. The van der Waals surface area contributed by atoms with E-state index in [9.17, 15) is 30.3 Å². The van der Waals surface area contributed by atoms with Crippen molar-refractivity contribution in [3.63, 3.8) is 0 Å². The van der Waals surface area contributed by atoms with Crippen LogP contribution in [0.15, 0.2) is 18.2 Å².